The van der Waals surface area contributed by atoms with Crippen molar-refractivity contribution in [2.24, 2.45) is 0 Å². The van der Waals surface area contributed by atoms with Gasteiger partial charge in [0.2, 0.25) is 5.91 Å². The zero-order valence-corrected chi connectivity index (χ0v) is 22.3. The SMILES string of the molecule is CCOC(=O)c1cc(-c2ccc(N3CCN(C(=O)CCCCC(=O)OC)CC3)cc2)n(-c2cccc(F)c2)n1. The molecule has 9 nitrogen and oxygen atoms in total. The molecule has 1 aliphatic rings. The van der Waals surface area contributed by atoms with E-state index in [-0.39, 0.29) is 24.2 Å². The quantitative estimate of drug-likeness (QED) is 0.283. The average Bonchev–Trinajstić information content (AvgIpc) is 3.41. The fourth-order valence-electron chi connectivity index (χ4n) is 4.56. The summed E-state index contributed by atoms with van der Waals surface area (Å²) in [5, 5.41) is 4.40. The number of esters is 2. The van der Waals surface area contributed by atoms with Crippen LogP contribution < -0.4 is 4.90 Å². The van der Waals surface area contributed by atoms with Gasteiger partial charge in [-0.3, -0.25) is 9.59 Å². The first-order chi connectivity index (χ1) is 18.9. The summed E-state index contributed by atoms with van der Waals surface area (Å²) in [7, 11) is 1.37. The third-order valence-corrected chi connectivity index (χ3v) is 6.66. The van der Waals surface area contributed by atoms with Gasteiger partial charge in [0.15, 0.2) is 5.69 Å². The lowest BCUT2D eigenvalue weighted by Gasteiger charge is -2.36. The molecule has 10 heteroatoms. The highest BCUT2D eigenvalue weighted by Crippen LogP contribution is 2.28. The van der Waals surface area contributed by atoms with Crippen LogP contribution in [0.15, 0.2) is 54.6 Å². The maximum Gasteiger partial charge on any atom is 0.358 e. The molecule has 0 atom stereocenters. The van der Waals surface area contributed by atoms with E-state index in [2.05, 4.69) is 14.7 Å². The second kappa shape index (κ2) is 13.0. The van der Waals surface area contributed by atoms with Crippen LogP contribution in [0.4, 0.5) is 10.1 Å². The molecule has 3 aromatic rings. The molecule has 206 valence electrons. The Kier molecular flexibility index (Phi) is 9.30. The van der Waals surface area contributed by atoms with Gasteiger partial charge < -0.3 is 19.3 Å². The molecule has 0 radical (unpaired) electrons. The second-order valence-corrected chi connectivity index (χ2v) is 9.22. The largest absolute Gasteiger partial charge is 0.469 e. The summed E-state index contributed by atoms with van der Waals surface area (Å²) in [5.74, 6) is -1.08. The Bertz CT molecular complexity index is 1300. The molecule has 1 amide bonds. The zero-order chi connectivity index (χ0) is 27.8. The number of rotatable bonds is 10. The number of anilines is 1. The van der Waals surface area contributed by atoms with E-state index >= 15 is 0 Å². The van der Waals surface area contributed by atoms with Gasteiger partial charge >= 0.3 is 11.9 Å². The van der Waals surface area contributed by atoms with Crippen molar-refractivity contribution >= 4 is 23.5 Å². The Labute approximate surface area is 227 Å². The van der Waals surface area contributed by atoms with Crippen molar-refractivity contribution in [3.63, 3.8) is 0 Å². The lowest BCUT2D eigenvalue weighted by atomic mass is 10.1. The minimum atomic E-state index is -0.540. The molecule has 0 N–H and O–H groups in total. The highest BCUT2D eigenvalue weighted by molar-refractivity contribution is 5.89. The summed E-state index contributed by atoms with van der Waals surface area (Å²) in [6.45, 7) is 4.64. The van der Waals surface area contributed by atoms with Gasteiger partial charge in [-0.25, -0.2) is 13.9 Å². The van der Waals surface area contributed by atoms with E-state index in [9.17, 15) is 18.8 Å². The topological polar surface area (TPSA) is 94.0 Å². The molecule has 1 saturated heterocycles. The minimum absolute atomic E-state index is 0.109. The average molecular weight is 537 g/mol. The number of amides is 1. The number of aromatic nitrogens is 2. The van der Waals surface area contributed by atoms with Gasteiger partial charge in [0.1, 0.15) is 5.82 Å². The number of methoxy groups -OCH3 is 1. The van der Waals surface area contributed by atoms with Crippen molar-refractivity contribution in [1.82, 2.24) is 14.7 Å². The molecule has 2 aromatic carbocycles. The number of piperazine rings is 1. The Hall–Kier alpha value is -4.21. The molecule has 39 heavy (non-hydrogen) atoms. The Balaban J connectivity index is 1.42. The van der Waals surface area contributed by atoms with E-state index in [0.29, 0.717) is 63.2 Å². The van der Waals surface area contributed by atoms with Gasteiger partial charge in [-0.2, -0.15) is 5.10 Å². The third kappa shape index (κ3) is 7.01. The van der Waals surface area contributed by atoms with Crippen LogP contribution in [0.1, 0.15) is 43.1 Å². The second-order valence-electron chi connectivity index (χ2n) is 9.22. The van der Waals surface area contributed by atoms with Gasteiger partial charge in [-0.15, -0.1) is 0 Å². The first-order valence-corrected chi connectivity index (χ1v) is 13.1. The summed E-state index contributed by atoms with van der Waals surface area (Å²) in [4.78, 5) is 40.2. The molecule has 0 unspecified atom stereocenters. The van der Waals surface area contributed by atoms with Crippen LogP contribution >= 0.6 is 0 Å². The molecule has 0 saturated carbocycles. The predicted octanol–water partition coefficient (Wildman–Crippen LogP) is 4.24. The summed E-state index contributed by atoms with van der Waals surface area (Å²) in [5.41, 5.74) is 3.11. The normalized spacial score (nSPS) is 13.3. The van der Waals surface area contributed by atoms with Crippen molar-refractivity contribution < 1.29 is 28.2 Å². The van der Waals surface area contributed by atoms with Crippen molar-refractivity contribution in [2.45, 2.75) is 32.6 Å². The van der Waals surface area contributed by atoms with Crippen LogP contribution in [0.2, 0.25) is 0 Å². The zero-order valence-electron chi connectivity index (χ0n) is 22.3. The highest BCUT2D eigenvalue weighted by atomic mass is 19.1. The van der Waals surface area contributed by atoms with E-state index in [1.54, 1.807) is 29.8 Å². The van der Waals surface area contributed by atoms with E-state index in [1.807, 2.05) is 29.2 Å². The summed E-state index contributed by atoms with van der Waals surface area (Å²) < 4.78 is 25.2. The fraction of sp³-hybridized carbons (Fsp3) is 0.379. The third-order valence-electron chi connectivity index (χ3n) is 6.66. The lowest BCUT2D eigenvalue weighted by Crippen LogP contribution is -2.48. The van der Waals surface area contributed by atoms with Crippen molar-refractivity contribution in [2.75, 3.05) is 44.8 Å². The summed E-state index contributed by atoms with van der Waals surface area (Å²) in [6.07, 6.45) is 2.07. The number of hydrogen-bond acceptors (Lipinski definition) is 7. The van der Waals surface area contributed by atoms with Crippen LogP contribution in [0.5, 0.6) is 0 Å². The van der Waals surface area contributed by atoms with Crippen LogP contribution in [0, 0.1) is 5.82 Å². The Morgan fingerprint density at radius 2 is 1.64 bits per heavy atom. The minimum Gasteiger partial charge on any atom is -0.469 e. The molecule has 1 fully saturated rings. The molecular formula is C29H33FN4O5. The van der Waals surface area contributed by atoms with Gasteiger partial charge in [-0.1, -0.05) is 18.2 Å². The number of nitrogens with zero attached hydrogens (tertiary/aromatic N) is 4. The van der Waals surface area contributed by atoms with Crippen molar-refractivity contribution in [3.8, 4) is 16.9 Å². The van der Waals surface area contributed by atoms with Gasteiger partial charge in [0.25, 0.3) is 0 Å². The first-order valence-electron chi connectivity index (χ1n) is 13.1. The van der Waals surface area contributed by atoms with Crippen LogP contribution in [-0.4, -0.2) is 72.4 Å². The number of carbonyl (C=O) groups is 3. The lowest BCUT2D eigenvalue weighted by molar-refractivity contribution is -0.141. The number of halogens is 1. The van der Waals surface area contributed by atoms with Crippen LogP contribution in [0.3, 0.4) is 0 Å². The number of hydrogen-bond donors (Lipinski definition) is 0. The maximum atomic E-state index is 13.9. The molecule has 0 bridgehead atoms. The summed E-state index contributed by atoms with van der Waals surface area (Å²) >= 11 is 0. The van der Waals surface area contributed by atoms with Crippen LogP contribution in [0.25, 0.3) is 16.9 Å². The van der Waals surface area contributed by atoms with Crippen LogP contribution in [-0.2, 0) is 19.1 Å². The van der Waals surface area contributed by atoms with Crippen molar-refractivity contribution in [3.05, 3.63) is 66.1 Å². The fourth-order valence-corrected chi connectivity index (χ4v) is 4.56. The number of unbranched alkanes of at least 4 members (excludes halogenated alkanes) is 1. The number of ether oxygens (including phenoxy) is 2. The molecule has 0 aliphatic carbocycles. The molecular weight excluding hydrogens is 503 g/mol. The first kappa shape index (κ1) is 27.8. The smallest absolute Gasteiger partial charge is 0.358 e. The Morgan fingerprint density at radius 1 is 0.923 bits per heavy atom. The number of benzene rings is 2. The van der Waals surface area contributed by atoms with E-state index < -0.39 is 11.8 Å². The molecule has 0 spiro atoms. The van der Waals surface area contributed by atoms with E-state index in [1.165, 1.54) is 19.2 Å². The monoisotopic (exact) mass is 536 g/mol. The van der Waals surface area contributed by atoms with E-state index in [4.69, 9.17) is 4.74 Å². The van der Waals surface area contributed by atoms with Crippen molar-refractivity contribution in [1.29, 1.82) is 0 Å². The Morgan fingerprint density at radius 3 is 2.31 bits per heavy atom. The van der Waals surface area contributed by atoms with Gasteiger partial charge in [0.05, 0.1) is 25.1 Å². The maximum absolute atomic E-state index is 13.9. The highest BCUT2D eigenvalue weighted by Gasteiger charge is 2.22. The van der Waals surface area contributed by atoms with Gasteiger partial charge in [-0.05, 0) is 56.2 Å². The van der Waals surface area contributed by atoms with Gasteiger partial charge in [0, 0.05) is 50.3 Å². The predicted molar refractivity (Wildman–Crippen MR) is 144 cm³/mol. The molecule has 4 rings (SSSR count). The number of carbonyl (C=O) groups excluding carboxylic acids is 3. The van der Waals surface area contributed by atoms with E-state index in [0.717, 1.165) is 11.3 Å². The standard InChI is InChI=1S/C29H33FN4O5/c1-3-39-29(37)25-20-26(34(31-25)24-8-6-7-22(30)19-24)21-11-13-23(14-12-21)32-15-17-33(18-16-32)27(35)9-4-5-10-28(36)38-2/h6-8,11-14,19-20H,3-5,9-10,15-18H2,1-2H3. The molecule has 2 heterocycles. The summed E-state index contributed by atoms with van der Waals surface area (Å²) in [6, 6.07) is 15.5. The molecule has 1 aromatic heterocycles. The molecule has 1 aliphatic heterocycles.